The van der Waals surface area contributed by atoms with E-state index in [-0.39, 0.29) is 23.6 Å². The number of hydrogen-bond donors (Lipinski definition) is 2. The zero-order valence-corrected chi connectivity index (χ0v) is 11.4. The fourth-order valence-corrected chi connectivity index (χ4v) is 2.53. The molecule has 1 amide bonds. The minimum Gasteiger partial charge on any atom is -0.480 e. The number of nitrogens with zero attached hydrogens (tertiary/aromatic N) is 2. The summed E-state index contributed by atoms with van der Waals surface area (Å²) in [5.41, 5.74) is -0.597. The Labute approximate surface area is 123 Å². The zero-order chi connectivity index (χ0) is 15.7. The number of carbonyl (C=O) groups excluding carboxylic acids is 1. The summed E-state index contributed by atoms with van der Waals surface area (Å²) >= 11 is 5.84. The Morgan fingerprint density at radius 1 is 1.43 bits per heavy atom. The van der Waals surface area contributed by atoms with Crippen LogP contribution in [0.1, 0.15) is 16.8 Å². The predicted molar refractivity (Wildman–Crippen MR) is 71.2 cm³/mol. The van der Waals surface area contributed by atoms with Gasteiger partial charge in [0.05, 0.1) is 16.6 Å². The monoisotopic (exact) mass is 314 g/mol. The number of carbonyl (C=O) groups is 2. The first-order chi connectivity index (χ1) is 9.82. The first-order valence-electron chi connectivity index (χ1n) is 5.97. The molecule has 1 aromatic carbocycles. The number of β-amino-alcohol motifs (C(OH)–C–C–N with tert-alkyl or cyclic N) is 1. The number of hydrogen-bond acceptors (Lipinski definition) is 5. The van der Waals surface area contributed by atoms with E-state index in [0.717, 1.165) is 11.0 Å². The fourth-order valence-electron chi connectivity index (χ4n) is 2.25. The van der Waals surface area contributed by atoms with Gasteiger partial charge in [0.1, 0.15) is 11.1 Å². The minimum absolute atomic E-state index is 0.0897. The number of halogens is 1. The maximum Gasteiger partial charge on any atom is 0.326 e. The number of aliphatic hydroxyl groups is 1. The molecule has 0 aromatic heterocycles. The second-order valence-electron chi connectivity index (χ2n) is 4.60. The number of carboxylic acid groups (broad SMARTS) is 1. The van der Waals surface area contributed by atoms with Crippen molar-refractivity contribution in [2.45, 2.75) is 18.6 Å². The van der Waals surface area contributed by atoms with Crippen LogP contribution in [0.25, 0.3) is 0 Å². The van der Waals surface area contributed by atoms with Crippen molar-refractivity contribution >= 4 is 29.2 Å². The zero-order valence-electron chi connectivity index (χ0n) is 10.6. The third-order valence-corrected chi connectivity index (χ3v) is 3.63. The van der Waals surface area contributed by atoms with E-state index in [0.29, 0.717) is 0 Å². The molecule has 0 aliphatic carbocycles. The third-order valence-electron chi connectivity index (χ3n) is 3.23. The van der Waals surface area contributed by atoms with Crippen molar-refractivity contribution in [3.63, 3.8) is 0 Å². The second kappa shape index (κ2) is 5.66. The molecule has 1 aliphatic rings. The Balaban J connectivity index is 2.38. The number of carboxylic acids is 1. The van der Waals surface area contributed by atoms with E-state index >= 15 is 0 Å². The summed E-state index contributed by atoms with van der Waals surface area (Å²) in [4.78, 5) is 34.5. The van der Waals surface area contributed by atoms with Crippen molar-refractivity contribution in [2.24, 2.45) is 0 Å². The van der Waals surface area contributed by atoms with Gasteiger partial charge in [0, 0.05) is 19.0 Å². The number of aliphatic hydroxyl groups excluding tert-OH is 1. The first-order valence-corrected chi connectivity index (χ1v) is 6.35. The number of amides is 1. The van der Waals surface area contributed by atoms with Crippen molar-refractivity contribution < 1.29 is 24.7 Å². The molecule has 1 heterocycles. The number of nitro groups is 1. The van der Waals surface area contributed by atoms with Crippen molar-refractivity contribution in [1.82, 2.24) is 4.90 Å². The van der Waals surface area contributed by atoms with E-state index in [9.17, 15) is 24.8 Å². The molecule has 9 heteroatoms. The van der Waals surface area contributed by atoms with Crippen LogP contribution >= 0.6 is 11.6 Å². The van der Waals surface area contributed by atoms with Crippen LogP contribution in [0.15, 0.2) is 18.2 Å². The highest BCUT2D eigenvalue weighted by atomic mass is 35.5. The molecule has 0 bridgehead atoms. The van der Waals surface area contributed by atoms with Crippen molar-refractivity contribution in [2.75, 3.05) is 6.54 Å². The first kappa shape index (κ1) is 15.2. The number of nitro benzene ring substituents is 1. The van der Waals surface area contributed by atoms with Gasteiger partial charge in [-0.1, -0.05) is 17.7 Å². The third kappa shape index (κ3) is 2.81. The quantitative estimate of drug-likeness (QED) is 0.631. The Kier molecular flexibility index (Phi) is 4.10. The summed E-state index contributed by atoms with van der Waals surface area (Å²) in [7, 11) is 0. The lowest BCUT2D eigenvalue weighted by molar-refractivity contribution is -0.384. The highest BCUT2D eigenvalue weighted by molar-refractivity contribution is 6.35. The van der Waals surface area contributed by atoms with E-state index in [2.05, 4.69) is 0 Å². The number of rotatable bonds is 3. The van der Waals surface area contributed by atoms with E-state index in [4.69, 9.17) is 16.7 Å². The van der Waals surface area contributed by atoms with Gasteiger partial charge >= 0.3 is 5.97 Å². The summed E-state index contributed by atoms with van der Waals surface area (Å²) < 4.78 is 0. The maximum atomic E-state index is 12.3. The van der Waals surface area contributed by atoms with Crippen LogP contribution in [0.4, 0.5) is 5.69 Å². The van der Waals surface area contributed by atoms with Crippen LogP contribution in [0, 0.1) is 10.1 Å². The molecule has 0 radical (unpaired) electrons. The molecule has 2 N–H and O–H groups in total. The van der Waals surface area contributed by atoms with Gasteiger partial charge in [0.2, 0.25) is 0 Å². The molecule has 0 spiro atoms. The lowest BCUT2D eigenvalue weighted by Gasteiger charge is -2.21. The number of likely N-dealkylation sites (tertiary alicyclic amines) is 1. The van der Waals surface area contributed by atoms with Crippen LogP contribution in [-0.4, -0.2) is 50.6 Å². The predicted octanol–water partition coefficient (Wildman–Crippen LogP) is 0.908. The summed E-state index contributed by atoms with van der Waals surface area (Å²) in [6, 6.07) is 2.54. The molecule has 1 saturated heterocycles. The van der Waals surface area contributed by atoms with Gasteiger partial charge in [-0.25, -0.2) is 4.79 Å². The lowest BCUT2D eigenvalue weighted by atomic mass is 10.1. The SMILES string of the molecule is O=C(O)C1CC(O)CN1C(=O)c1cccc([N+](=O)[O-])c1Cl. The molecule has 21 heavy (non-hydrogen) atoms. The highest BCUT2D eigenvalue weighted by Gasteiger charge is 2.40. The highest BCUT2D eigenvalue weighted by Crippen LogP contribution is 2.30. The summed E-state index contributed by atoms with van der Waals surface area (Å²) in [5.74, 6) is -2.01. The Hall–Kier alpha value is -2.19. The molecule has 2 rings (SSSR count). The van der Waals surface area contributed by atoms with E-state index in [1.54, 1.807) is 0 Å². The maximum absolute atomic E-state index is 12.3. The molecule has 8 nitrogen and oxygen atoms in total. The Bertz CT molecular complexity index is 620. The van der Waals surface area contributed by atoms with Crippen molar-refractivity contribution in [3.05, 3.63) is 38.9 Å². The molecule has 0 saturated carbocycles. The number of benzene rings is 1. The van der Waals surface area contributed by atoms with Crippen molar-refractivity contribution in [3.8, 4) is 0 Å². The second-order valence-corrected chi connectivity index (χ2v) is 4.97. The Morgan fingerprint density at radius 3 is 2.67 bits per heavy atom. The van der Waals surface area contributed by atoms with Crippen LogP contribution in [0.5, 0.6) is 0 Å². The van der Waals surface area contributed by atoms with E-state index in [1.807, 2.05) is 0 Å². The smallest absolute Gasteiger partial charge is 0.326 e. The summed E-state index contributed by atoms with van der Waals surface area (Å²) in [5, 5.41) is 29.0. The topological polar surface area (TPSA) is 121 Å². The normalized spacial score (nSPS) is 21.3. The van der Waals surface area contributed by atoms with Gasteiger partial charge in [-0.15, -0.1) is 0 Å². The molecule has 1 aromatic rings. The van der Waals surface area contributed by atoms with Gasteiger partial charge < -0.3 is 15.1 Å². The average Bonchev–Trinajstić information content (AvgIpc) is 2.80. The van der Waals surface area contributed by atoms with Crippen molar-refractivity contribution in [1.29, 1.82) is 0 Å². The Morgan fingerprint density at radius 2 is 2.10 bits per heavy atom. The molecule has 112 valence electrons. The summed E-state index contributed by atoms with van der Waals surface area (Å²) in [6.07, 6.45) is -1.04. The standard InChI is InChI=1S/C12H11ClN2O6/c13-10-7(2-1-3-8(10)15(20)21)11(17)14-5-6(16)4-9(14)12(18)19/h1-3,6,9,16H,4-5H2,(H,18,19). The van der Waals surface area contributed by atoms with Gasteiger partial charge in [-0.2, -0.15) is 0 Å². The molecule has 1 fully saturated rings. The summed E-state index contributed by atoms with van der Waals surface area (Å²) in [6.45, 7) is -0.158. The average molecular weight is 315 g/mol. The van der Waals surface area contributed by atoms with Crippen LogP contribution in [0.2, 0.25) is 5.02 Å². The molecular formula is C12H11ClN2O6. The van der Waals surface area contributed by atoms with Gasteiger partial charge in [-0.3, -0.25) is 14.9 Å². The van der Waals surface area contributed by atoms with Gasteiger partial charge in [0.25, 0.3) is 11.6 Å². The number of aliphatic carboxylic acids is 1. The van der Waals surface area contributed by atoms with Crippen LogP contribution < -0.4 is 0 Å². The van der Waals surface area contributed by atoms with E-state index in [1.165, 1.54) is 12.1 Å². The fraction of sp³-hybridized carbons (Fsp3) is 0.333. The van der Waals surface area contributed by atoms with E-state index < -0.39 is 34.6 Å². The van der Waals surface area contributed by atoms with Gasteiger partial charge in [-0.05, 0) is 6.07 Å². The van der Waals surface area contributed by atoms with Crippen LogP contribution in [-0.2, 0) is 4.79 Å². The molecule has 1 aliphatic heterocycles. The minimum atomic E-state index is -1.25. The van der Waals surface area contributed by atoms with Gasteiger partial charge in [0.15, 0.2) is 0 Å². The molecular weight excluding hydrogens is 304 g/mol. The molecule has 2 unspecified atom stereocenters. The largest absolute Gasteiger partial charge is 0.480 e. The lowest BCUT2D eigenvalue weighted by Crippen LogP contribution is -2.40. The molecule has 2 atom stereocenters. The van der Waals surface area contributed by atoms with Crippen LogP contribution in [0.3, 0.4) is 0 Å².